The Kier molecular flexibility index (Phi) is 33.8. The fourth-order valence-corrected chi connectivity index (χ4v) is 15.3. The van der Waals surface area contributed by atoms with E-state index in [0.29, 0.717) is 175 Å². The van der Waals surface area contributed by atoms with E-state index in [1.165, 1.54) is 20.8 Å². The molecule has 0 saturated carbocycles. The number of ether oxygens (including phenoxy) is 27. The van der Waals surface area contributed by atoms with Gasteiger partial charge in [-0.3, -0.25) is 14.4 Å². The topological polar surface area (TPSA) is 478 Å². The number of nitrogens with zero attached hydrogens (tertiary/aromatic N) is 9. The smallest absolute Gasteiger partial charge is 0.405 e. The zero-order chi connectivity index (χ0) is 83.9. The predicted molar refractivity (Wildman–Crippen MR) is 398 cm³/mol. The van der Waals surface area contributed by atoms with Crippen molar-refractivity contribution in [3.05, 3.63) is 35.7 Å². The van der Waals surface area contributed by atoms with E-state index in [1.54, 1.807) is 32.6 Å². The van der Waals surface area contributed by atoms with Crippen LogP contribution in [0.1, 0.15) is 79.4 Å². The van der Waals surface area contributed by atoms with Crippen molar-refractivity contribution >= 4 is 23.8 Å². The summed E-state index contributed by atoms with van der Waals surface area (Å²) >= 11 is 0. The van der Waals surface area contributed by atoms with E-state index < -0.39 is 119 Å². The molecular weight excluding hydrogens is 1580 g/mol. The normalized spacial score (nSPS) is 29.1. The lowest BCUT2D eigenvalue weighted by Gasteiger charge is -2.42. The molecule has 15 atom stereocenters. The lowest BCUT2D eigenvalue weighted by Crippen LogP contribution is -2.65. The van der Waals surface area contributed by atoms with Crippen LogP contribution in [0.25, 0.3) is 0 Å². The minimum absolute atomic E-state index is 0.0377. The number of hydrogen-bond acceptors (Lipinski definition) is 37. The number of carbonyl (C=O) groups is 4. The van der Waals surface area contributed by atoms with Crippen molar-refractivity contribution in [2.45, 2.75) is 215 Å². The van der Waals surface area contributed by atoms with Crippen LogP contribution < -0.4 is 21.3 Å². The van der Waals surface area contributed by atoms with E-state index in [1.807, 2.05) is 41.5 Å². The van der Waals surface area contributed by atoms with Gasteiger partial charge in [0.15, 0.2) is 36.2 Å². The first kappa shape index (κ1) is 92.2. The van der Waals surface area contributed by atoms with Crippen LogP contribution in [-0.4, -0.2) is 385 Å². The number of amides is 4. The van der Waals surface area contributed by atoms with E-state index in [2.05, 4.69) is 52.2 Å². The number of hydrogen-bond donors (Lipinski definition) is 5. The van der Waals surface area contributed by atoms with E-state index in [-0.39, 0.29) is 97.0 Å². The number of carbonyl (C=O) groups excluding carboxylic acids is 3. The monoisotopic (exact) mass is 1700 g/mol. The molecular formula is C74H119N13O32. The molecule has 119 heavy (non-hydrogen) atoms. The van der Waals surface area contributed by atoms with E-state index in [9.17, 15) is 24.3 Å². The highest BCUT2D eigenvalue weighted by Crippen LogP contribution is 2.50. The molecule has 4 amide bonds. The Morgan fingerprint density at radius 2 is 0.630 bits per heavy atom. The van der Waals surface area contributed by atoms with E-state index >= 15 is 0 Å². The summed E-state index contributed by atoms with van der Waals surface area (Å²) in [5.74, 6) is -3.27. The third-order valence-corrected chi connectivity index (χ3v) is 20.3. The van der Waals surface area contributed by atoms with Crippen molar-refractivity contribution in [2.75, 3.05) is 198 Å². The molecule has 3 aromatic rings. The Bertz CT molecular complexity index is 3280. The first-order chi connectivity index (χ1) is 57.3. The standard InChI is InChI=1S/C74H119N13O32/c1-49(88)75-55-58-61(114-68(4,5)111-58)72(46-108-64(55)117-72)43-102-31-28-99-25-22-96-19-16-93-13-10-85-34-52(79-82-85)37-105-40-71(78-67(91)92,41-106-38-53-35-86(83-80-53)11-14-94-17-20-97-23-26-100-29-32-103-44-73-47-109-65(118-73)56(76-50(2)89)59-62(73)115-69(6,7)112-59)42-107-39-54-36-87(84-81-54)12-15-95-18-21-98-24-27-101-30-33-104-45-74-48-110-66(119-74)57(77-51(3)90)60-63(74)116-70(8,9)113-60/h34-36,55-66,78H,10-33,37-48H2,1-9H3,(H,75,88)(H,76,89)(H,77,90)(H,91,92)/t55-,56-,57-,58-,59-,60-,61-,62-,63-,64+,65+,66+,72+,73+,74+/m1/s1. The summed E-state index contributed by atoms with van der Waals surface area (Å²) in [7, 11) is 0. The molecule has 9 saturated heterocycles. The molecule has 12 heterocycles. The second-order valence-corrected chi connectivity index (χ2v) is 31.6. The average molecular weight is 1700 g/mol. The molecule has 0 unspecified atom stereocenters. The van der Waals surface area contributed by atoms with Crippen LogP contribution >= 0.6 is 0 Å². The van der Waals surface area contributed by atoms with Crippen LogP contribution in [0.3, 0.4) is 0 Å². The van der Waals surface area contributed by atoms with Gasteiger partial charge in [-0.25, -0.2) is 18.8 Å². The van der Waals surface area contributed by atoms with Crippen molar-refractivity contribution in [3.63, 3.8) is 0 Å². The summed E-state index contributed by atoms with van der Waals surface area (Å²) in [4.78, 5) is 48.4. The summed E-state index contributed by atoms with van der Waals surface area (Å²) in [6.45, 7) is 23.8. The molecule has 0 radical (unpaired) electrons. The highest BCUT2D eigenvalue weighted by Gasteiger charge is 2.69. The molecule has 6 bridgehead atoms. The molecule has 9 aliphatic heterocycles. The average Bonchev–Trinajstić information content (AvgIpc) is 1.58. The van der Waals surface area contributed by atoms with Gasteiger partial charge in [-0.1, -0.05) is 15.6 Å². The van der Waals surface area contributed by atoms with Crippen LogP contribution in [0.4, 0.5) is 4.79 Å². The van der Waals surface area contributed by atoms with Gasteiger partial charge in [-0.2, -0.15) is 0 Å². The van der Waals surface area contributed by atoms with E-state index in [0.717, 1.165) is 0 Å². The quantitative estimate of drug-likeness (QED) is 0.0384. The van der Waals surface area contributed by atoms with Gasteiger partial charge in [0.25, 0.3) is 0 Å². The highest BCUT2D eigenvalue weighted by atomic mass is 16.8. The Morgan fingerprint density at radius 3 is 0.882 bits per heavy atom. The molecule has 3 aromatic heterocycles. The minimum Gasteiger partial charge on any atom is -0.465 e. The number of rotatable bonds is 58. The summed E-state index contributed by atoms with van der Waals surface area (Å²) in [6, 6.07) is -1.55. The summed E-state index contributed by atoms with van der Waals surface area (Å²) in [5, 5.41) is 46.9. The molecule has 45 heteroatoms. The summed E-state index contributed by atoms with van der Waals surface area (Å²) in [5.41, 5.74) is -2.70. The molecule has 5 N–H and O–H groups in total. The van der Waals surface area contributed by atoms with Crippen molar-refractivity contribution in [1.29, 1.82) is 0 Å². The number of aromatic nitrogens is 9. The predicted octanol–water partition coefficient (Wildman–Crippen LogP) is -1.93. The molecule has 12 rings (SSSR count). The van der Waals surface area contributed by atoms with Crippen LogP contribution in [-0.2, 0) is 182 Å². The Balaban J connectivity index is 0.516. The third-order valence-electron chi connectivity index (χ3n) is 20.3. The Hall–Kier alpha value is -5.98. The fraction of sp³-hybridized carbons (Fsp3) is 0.865. The molecule has 672 valence electrons. The fourth-order valence-electron chi connectivity index (χ4n) is 15.3. The third kappa shape index (κ3) is 26.3. The van der Waals surface area contributed by atoms with Crippen LogP contribution in [0.2, 0.25) is 0 Å². The molecule has 0 aliphatic carbocycles. The summed E-state index contributed by atoms with van der Waals surface area (Å²) in [6.07, 6.45) is -1.22. The van der Waals surface area contributed by atoms with Gasteiger partial charge in [0.05, 0.1) is 256 Å². The maximum Gasteiger partial charge on any atom is 0.405 e. The number of fused-ring (bicyclic) bond motifs is 12. The van der Waals surface area contributed by atoms with Crippen molar-refractivity contribution < 1.29 is 152 Å². The lowest BCUT2D eigenvalue weighted by molar-refractivity contribution is -0.214. The molecule has 0 spiro atoms. The first-order valence-corrected chi connectivity index (χ1v) is 40.4. The van der Waals surface area contributed by atoms with Gasteiger partial charge in [-0.15, -0.1) is 15.3 Å². The van der Waals surface area contributed by atoms with Gasteiger partial charge < -0.3 is 154 Å². The number of carboxylic acid groups (broad SMARTS) is 1. The van der Waals surface area contributed by atoms with Crippen LogP contribution in [0, 0.1) is 0 Å². The lowest BCUT2D eigenvalue weighted by atomic mass is 9.88. The first-order valence-electron chi connectivity index (χ1n) is 40.4. The minimum atomic E-state index is -1.46. The van der Waals surface area contributed by atoms with Gasteiger partial charge in [0.2, 0.25) is 17.7 Å². The van der Waals surface area contributed by atoms with Crippen LogP contribution in [0.5, 0.6) is 0 Å². The highest BCUT2D eigenvalue weighted by molar-refractivity contribution is 5.74. The Morgan fingerprint density at radius 1 is 0.378 bits per heavy atom. The SMILES string of the molecule is CC(=O)N[C@H]1[C@H]2OC[C@](COCCOCCOCCOCCn3cc(COCC(COCc4cn(CCOCCOCCOCCOC[C@@]56CO[C@@H](O5)[C@H](NC(C)=O)[C@H]5OC(C)(C)O[C@H]56)nn4)(COCc4cn(CCOCCOCCOCCOC[C@@]56CO[C@@H](O5)[C@H](NC(C)=O)[C@H]5OC(C)(C)O[C@H]56)nn4)NC(=O)O)nn3)(O2)[C@@H]2OC(C)(C)O[C@H]12. The molecule has 9 aliphatic rings. The number of nitrogens with one attached hydrogen (secondary N) is 4. The van der Waals surface area contributed by atoms with Gasteiger partial charge >= 0.3 is 6.09 Å². The van der Waals surface area contributed by atoms with Crippen molar-refractivity contribution in [3.8, 4) is 0 Å². The molecule has 9 fully saturated rings. The zero-order valence-electron chi connectivity index (χ0n) is 69.2. The molecule has 0 aromatic carbocycles. The summed E-state index contributed by atoms with van der Waals surface area (Å²) < 4.78 is 167. The van der Waals surface area contributed by atoms with Crippen molar-refractivity contribution in [2.24, 2.45) is 0 Å². The second-order valence-electron chi connectivity index (χ2n) is 31.6. The van der Waals surface area contributed by atoms with Crippen molar-refractivity contribution in [1.82, 2.24) is 66.2 Å². The van der Waals surface area contributed by atoms with Gasteiger partial charge in [0.1, 0.15) is 94.2 Å². The van der Waals surface area contributed by atoms with Crippen LogP contribution in [0.15, 0.2) is 18.6 Å². The van der Waals surface area contributed by atoms with E-state index in [4.69, 9.17) is 128 Å². The Labute approximate surface area is 688 Å². The maximum atomic E-state index is 12.6. The van der Waals surface area contributed by atoms with Gasteiger partial charge in [-0.05, 0) is 41.5 Å². The second kappa shape index (κ2) is 43.6. The molecule has 45 nitrogen and oxygen atoms in total. The zero-order valence-corrected chi connectivity index (χ0v) is 69.2. The maximum absolute atomic E-state index is 12.6. The van der Waals surface area contributed by atoms with Gasteiger partial charge in [0, 0.05) is 20.8 Å². The largest absolute Gasteiger partial charge is 0.465 e.